The molecule has 0 saturated carbocycles. The molecule has 0 fully saturated rings. The number of nitrogens with zero attached hydrogens (tertiary/aromatic N) is 2. The van der Waals surface area contributed by atoms with Gasteiger partial charge < -0.3 is 0 Å². The van der Waals surface area contributed by atoms with Crippen LogP contribution in [0.5, 0.6) is 0 Å². The summed E-state index contributed by atoms with van der Waals surface area (Å²) in [4.78, 5) is 0. The van der Waals surface area contributed by atoms with Gasteiger partial charge in [0.1, 0.15) is 11.0 Å². The van der Waals surface area contributed by atoms with E-state index in [1.54, 1.807) is 6.07 Å². The third-order valence-corrected chi connectivity index (χ3v) is 2.32. The molecule has 0 aliphatic carbocycles. The highest BCUT2D eigenvalue weighted by Gasteiger charge is 2.05. The third-order valence-electron chi connectivity index (χ3n) is 1.38. The maximum Gasteiger partial charge on any atom is 0.132 e. The van der Waals surface area contributed by atoms with Gasteiger partial charge in [0.2, 0.25) is 0 Å². The summed E-state index contributed by atoms with van der Waals surface area (Å²) in [7, 11) is 0. The maximum atomic E-state index is 5.83. The minimum absolute atomic E-state index is 0.608. The van der Waals surface area contributed by atoms with E-state index in [0.717, 1.165) is 9.99 Å². The molecule has 2 rings (SSSR count). The summed E-state index contributed by atoms with van der Waals surface area (Å²) in [6.45, 7) is 0. The number of benzene rings is 1. The Morgan fingerprint density at radius 3 is 2.73 bits per heavy atom. The van der Waals surface area contributed by atoms with E-state index in [1.807, 2.05) is 6.07 Å². The van der Waals surface area contributed by atoms with Crippen molar-refractivity contribution in [2.24, 2.45) is 0 Å². The van der Waals surface area contributed by atoms with Gasteiger partial charge in [-0.05, 0) is 28.1 Å². The largest absolute Gasteiger partial charge is 0.197 e. The molecule has 2 aromatic rings. The second kappa shape index (κ2) is 2.46. The Hall–Kier alpha value is -0.610. The highest BCUT2D eigenvalue weighted by atomic mass is 79.9. The van der Waals surface area contributed by atoms with E-state index >= 15 is 0 Å². The topological polar surface area (TPSA) is 41.6 Å². The Bertz CT molecular complexity index is 362. The third kappa shape index (κ3) is 1.02. The van der Waals surface area contributed by atoms with Crippen LogP contribution in [0, 0.1) is 0 Å². The molecule has 0 saturated heterocycles. The van der Waals surface area contributed by atoms with Crippen molar-refractivity contribution in [3.63, 3.8) is 0 Å². The average Bonchev–Trinajstić information content (AvgIpc) is 2.45. The summed E-state index contributed by atoms with van der Waals surface area (Å²) in [5.74, 6) is 0. The van der Waals surface area contributed by atoms with Gasteiger partial charge in [0.25, 0.3) is 0 Å². The van der Waals surface area contributed by atoms with Gasteiger partial charge in [0, 0.05) is 4.47 Å². The summed E-state index contributed by atoms with van der Waals surface area (Å²) in [6, 6.07) is 3.61. The predicted octanol–water partition coefficient (Wildman–Crippen LogP) is 2.37. The second-order valence-electron chi connectivity index (χ2n) is 2.05. The van der Waals surface area contributed by atoms with Crippen LogP contribution in [0.25, 0.3) is 11.0 Å². The van der Waals surface area contributed by atoms with E-state index in [2.05, 4.69) is 31.3 Å². The first-order chi connectivity index (χ1) is 5.29. The SMILES string of the molecule is Clc1ccc(Br)c2n[nH]nc12. The van der Waals surface area contributed by atoms with Crippen molar-refractivity contribution in [2.75, 3.05) is 0 Å². The van der Waals surface area contributed by atoms with Crippen LogP contribution in [-0.4, -0.2) is 15.4 Å². The van der Waals surface area contributed by atoms with Crippen molar-refractivity contribution in [3.05, 3.63) is 21.6 Å². The summed E-state index contributed by atoms with van der Waals surface area (Å²) in [5.41, 5.74) is 1.46. The predicted molar refractivity (Wildman–Crippen MR) is 46.6 cm³/mol. The molecule has 5 heteroatoms. The molecule has 1 heterocycles. The van der Waals surface area contributed by atoms with Crippen LogP contribution in [0.2, 0.25) is 5.02 Å². The van der Waals surface area contributed by atoms with E-state index in [-0.39, 0.29) is 0 Å². The number of hydrogen-bond acceptors (Lipinski definition) is 2. The molecular formula is C6H3BrClN3. The lowest BCUT2D eigenvalue weighted by Crippen LogP contribution is -1.72. The quantitative estimate of drug-likeness (QED) is 0.758. The summed E-state index contributed by atoms with van der Waals surface area (Å²) >= 11 is 9.16. The zero-order valence-corrected chi connectivity index (χ0v) is 7.65. The van der Waals surface area contributed by atoms with Crippen molar-refractivity contribution >= 4 is 38.6 Å². The van der Waals surface area contributed by atoms with E-state index in [0.29, 0.717) is 10.5 Å². The minimum atomic E-state index is 0.608. The fourth-order valence-electron chi connectivity index (χ4n) is 0.868. The number of H-pyrrole nitrogens is 1. The zero-order valence-electron chi connectivity index (χ0n) is 5.31. The van der Waals surface area contributed by atoms with Crippen LogP contribution >= 0.6 is 27.5 Å². The molecule has 1 N–H and O–H groups in total. The smallest absolute Gasteiger partial charge is 0.132 e. The van der Waals surface area contributed by atoms with Crippen LogP contribution in [0.15, 0.2) is 16.6 Å². The first-order valence-electron chi connectivity index (χ1n) is 2.93. The molecule has 0 unspecified atom stereocenters. The highest BCUT2D eigenvalue weighted by Crippen LogP contribution is 2.25. The van der Waals surface area contributed by atoms with Gasteiger partial charge in [-0.25, -0.2) is 0 Å². The molecule has 56 valence electrons. The first kappa shape index (κ1) is 7.06. The highest BCUT2D eigenvalue weighted by molar-refractivity contribution is 9.10. The number of nitrogens with one attached hydrogen (secondary N) is 1. The van der Waals surface area contributed by atoms with Gasteiger partial charge in [-0.2, -0.15) is 15.4 Å². The fourth-order valence-corrected chi connectivity index (χ4v) is 1.47. The monoisotopic (exact) mass is 231 g/mol. The molecule has 0 spiro atoms. The van der Waals surface area contributed by atoms with Gasteiger partial charge in [-0.1, -0.05) is 11.6 Å². The second-order valence-corrected chi connectivity index (χ2v) is 3.31. The Morgan fingerprint density at radius 1 is 1.27 bits per heavy atom. The lowest BCUT2D eigenvalue weighted by atomic mass is 10.3. The molecule has 0 bridgehead atoms. The summed E-state index contributed by atoms with van der Waals surface area (Å²) < 4.78 is 0.894. The summed E-state index contributed by atoms with van der Waals surface area (Å²) in [5, 5.41) is 10.9. The Balaban J connectivity index is 2.96. The molecule has 1 aromatic heterocycles. The van der Waals surface area contributed by atoms with Crippen LogP contribution in [0.3, 0.4) is 0 Å². The van der Waals surface area contributed by atoms with E-state index < -0.39 is 0 Å². The van der Waals surface area contributed by atoms with Crippen LogP contribution in [0.4, 0.5) is 0 Å². The average molecular weight is 232 g/mol. The summed E-state index contributed by atoms with van der Waals surface area (Å²) in [6.07, 6.45) is 0. The number of aromatic nitrogens is 3. The van der Waals surface area contributed by atoms with Crippen molar-refractivity contribution in [1.29, 1.82) is 0 Å². The Morgan fingerprint density at radius 2 is 2.00 bits per heavy atom. The number of rotatable bonds is 0. The van der Waals surface area contributed by atoms with Gasteiger partial charge in [-0.15, -0.1) is 0 Å². The Kier molecular flexibility index (Phi) is 1.58. The molecule has 0 amide bonds. The van der Waals surface area contributed by atoms with Crippen molar-refractivity contribution < 1.29 is 0 Å². The van der Waals surface area contributed by atoms with Gasteiger partial charge in [-0.3, -0.25) is 0 Å². The number of fused-ring (bicyclic) bond motifs is 1. The normalized spacial score (nSPS) is 10.7. The fraction of sp³-hybridized carbons (Fsp3) is 0. The molecular weight excluding hydrogens is 229 g/mol. The molecule has 11 heavy (non-hydrogen) atoms. The van der Waals surface area contributed by atoms with Gasteiger partial charge in [0.05, 0.1) is 5.02 Å². The number of halogens is 2. The van der Waals surface area contributed by atoms with E-state index in [9.17, 15) is 0 Å². The van der Waals surface area contributed by atoms with E-state index in [4.69, 9.17) is 11.6 Å². The lowest BCUT2D eigenvalue weighted by Gasteiger charge is -1.91. The maximum absolute atomic E-state index is 5.83. The molecule has 0 aliphatic heterocycles. The molecule has 0 radical (unpaired) electrons. The minimum Gasteiger partial charge on any atom is -0.197 e. The van der Waals surface area contributed by atoms with E-state index in [1.165, 1.54) is 0 Å². The first-order valence-corrected chi connectivity index (χ1v) is 4.10. The number of aromatic amines is 1. The van der Waals surface area contributed by atoms with Gasteiger partial charge >= 0.3 is 0 Å². The molecule has 1 aromatic carbocycles. The lowest BCUT2D eigenvalue weighted by molar-refractivity contribution is 0.959. The molecule has 0 atom stereocenters. The van der Waals surface area contributed by atoms with Crippen molar-refractivity contribution in [3.8, 4) is 0 Å². The van der Waals surface area contributed by atoms with Gasteiger partial charge in [0.15, 0.2) is 0 Å². The van der Waals surface area contributed by atoms with Crippen molar-refractivity contribution in [1.82, 2.24) is 15.4 Å². The molecule has 0 aliphatic rings. The molecule has 3 nitrogen and oxygen atoms in total. The van der Waals surface area contributed by atoms with Crippen LogP contribution in [0.1, 0.15) is 0 Å². The van der Waals surface area contributed by atoms with Crippen LogP contribution in [-0.2, 0) is 0 Å². The van der Waals surface area contributed by atoms with Crippen LogP contribution < -0.4 is 0 Å². The van der Waals surface area contributed by atoms with Crippen molar-refractivity contribution in [2.45, 2.75) is 0 Å². The number of hydrogen-bond donors (Lipinski definition) is 1. The Labute approximate surface area is 75.9 Å². The zero-order chi connectivity index (χ0) is 7.84. The standard InChI is InChI=1S/C6H3BrClN3/c7-3-1-2-4(8)6-5(3)9-11-10-6/h1-2H,(H,9,10,11).